The molecule has 1 aliphatic rings. The van der Waals surface area contributed by atoms with Gasteiger partial charge in [0.25, 0.3) is 0 Å². The zero-order valence-corrected chi connectivity index (χ0v) is 23.3. The molecule has 9 heteroatoms. The van der Waals surface area contributed by atoms with Crippen molar-refractivity contribution in [3.8, 4) is 0 Å². The van der Waals surface area contributed by atoms with Crippen LogP contribution in [-0.2, 0) is 11.3 Å². The molecule has 0 spiro atoms. The summed E-state index contributed by atoms with van der Waals surface area (Å²) in [7, 11) is 0. The maximum absolute atomic E-state index is 14.1. The first-order valence-corrected chi connectivity index (χ1v) is 14.6. The Balaban J connectivity index is 1.08. The van der Waals surface area contributed by atoms with E-state index in [4.69, 9.17) is 4.98 Å². The van der Waals surface area contributed by atoms with E-state index in [0.29, 0.717) is 50.0 Å². The number of aryl methyl sites for hydroxylation is 1. The number of fused-ring (bicyclic) bond motifs is 3. The van der Waals surface area contributed by atoms with Crippen molar-refractivity contribution < 1.29 is 9.18 Å². The third kappa shape index (κ3) is 5.38. The lowest BCUT2D eigenvalue weighted by Crippen LogP contribution is -2.49. The molecule has 6 rings (SSSR count). The zero-order chi connectivity index (χ0) is 27.5. The Bertz CT molecular complexity index is 1660. The quantitative estimate of drug-likeness (QED) is 0.181. The van der Waals surface area contributed by atoms with Gasteiger partial charge in [-0.15, -0.1) is 10.2 Å². The molecule has 1 aliphatic heterocycles. The Morgan fingerprint density at radius 1 is 0.925 bits per heavy atom. The third-order valence-corrected chi connectivity index (χ3v) is 8.46. The SMILES string of the molecule is Cc1ccccc1Cn1c2ccccc2c2nnc(SCCCC(=O)N3CCN(c4ccccc4F)CC3)nc21. The lowest BCUT2D eigenvalue weighted by Gasteiger charge is -2.36. The maximum atomic E-state index is 14.1. The highest BCUT2D eigenvalue weighted by Gasteiger charge is 2.22. The first-order valence-electron chi connectivity index (χ1n) is 13.6. The summed E-state index contributed by atoms with van der Waals surface area (Å²) in [5, 5.41) is 10.6. The second kappa shape index (κ2) is 11.6. The normalized spacial score (nSPS) is 13.8. The van der Waals surface area contributed by atoms with Crippen molar-refractivity contribution in [1.29, 1.82) is 0 Å². The molecule has 1 fully saturated rings. The lowest BCUT2D eigenvalue weighted by atomic mass is 10.1. The number of carbonyl (C=O) groups is 1. The van der Waals surface area contributed by atoms with Gasteiger partial charge in [-0.1, -0.05) is 66.4 Å². The molecule has 5 aromatic rings. The molecule has 3 aromatic carbocycles. The topological polar surface area (TPSA) is 67.2 Å². The lowest BCUT2D eigenvalue weighted by molar-refractivity contribution is -0.131. The van der Waals surface area contributed by atoms with E-state index >= 15 is 0 Å². The van der Waals surface area contributed by atoms with Crippen molar-refractivity contribution in [2.75, 3.05) is 36.8 Å². The second-order valence-electron chi connectivity index (χ2n) is 10.1. The fraction of sp³-hybridized carbons (Fsp3) is 0.290. The number of nitrogens with zero attached hydrogens (tertiary/aromatic N) is 6. The maximum Gasteiger partial charge on any atom is 0.222 e. The number of piperazine rings is 1. The zero-order valence-electron chi connectivity index (χ0n) is 22.5. The minimum atomic E-state index is -0.218. The summed E-state index contributed by atoms with van der Waals surface area (Å²) < 4.78 is 16.3. The van der Waals surface area contributed by atoms with Gasteiger partial charge in [0.15, 0.2) is 5.65 Å². The van der Waals surface area contributed by atoms with Crippen LogP contribution in [-0.4, -0.2) is 62.5 Å². The number of halogens is 1. The summed E-state index contributed by atoms with van der Waals surface area (Å²) >= 11 is 1.53. The Morgan fingerprint density at radius 3 is 2.50 bits per heavy atom. The van der Waals surface area contributed by atoms with Gasteiger partial charge in [-0.25, -0.2) is 9.37 Å². The predicted octanol–water partition coefficient (Wildman–Crippen LogP) is 5.70. The fourth-order valence-corrected chi connectivity index (χ4v) is 6.04. The highest BCUT2D eigenvalue weighted by molar-refractivity contribution is 7.99. The van der Waals surface area contributed by atoms with E-state index in [-0.39, 0.29) is 11.7 Å². The monoisotopic (exact) mass is 554 g/mol. The summed E-state index contributed by atoms with van der Waals surface area (Å²) in [6.07, 6.45) is 1.19. The Morgan fingerprint density at radius 2 is 1.68 bits per heavy atom. The van der Waals surface area contributed by atoms with Crippen molar-refractivity contribution in [2.24, 2.45) is 0 Å². The number of benzene rings is 3. The van der Waals surface area contributed by atoms with E-state index in [0.717, 1.165) is 34.2 Å². The van der Waals surface area contributed by atoms with Crippen LogP contribution in [0.2, 0.25) is 0 Å². The first kappa shape index (κ1) is 26.3. The van der Waals surface area contributed by atoms with Gasteiger partial charge in [0.05, 0.1) is 11.2 Å². The molecule has 204 valence electrons. The van der Waals surface area contributed by atoms with E-state index in [1.54, 1.807) is 12.1 Å². The summed E-state index contributed by atoms with van der Waals surface area (Å²) in [6, 6.07) is 23.4. The van der Waals surface area contributed by atoms with E-state index in [2.05, 4.69) is 58.1 Å². The van der Waals surface area contributed by atoms with Crippen molar-refractivity contribution in [1.82, 2.24) is 24.6 Å². The van der Waals surface area contributed by atoms with E-state index < -0.39 is 0 Å². The largest absolute Gasteiger partial charge is 0.366 e. The van der Waals surface area contributed by atoms with Gasteiger partial charge in [0.2, 0.25) is 11.1 Å². The van der Waals surface area contributed by atoms with Crippen LogP contribution >= 0.6 is 11.8 Å². The number of para-hydroxylation sites is 2. The van der Waals surface area contributed by atoms with Gasteiger partial charge >= 0.3 is 0 Å². The van der Waals surface area contributed by atoms with Crippen LogP contribution < -0.4 is 4.90 Å². The Labute approximate surface area is 237 Å². The number of aromatic nitrogens is 4. The van der Waals surface area contributed by atoms with Gasteiger partial charge < -0.3 is 14.4 Å². The number of carbonyl (C=O) groups excluding carboxylic acids is 1. The molecule has 3 heterocycles. The predicted molar refractivity (Wildman–Crippen MR) is 158 cm³/mol. The van der Waals surface area contributed by atoms with Crippen molar-refractivity contribution in [3.05, 3.63) is 89.7 Å². The molecule has 1 amide bonds. The summed E-state index contributed by atoms with van der Waals surface area (Å²) in [5.41, 5.74) is 5.80. The standard InChI is InChI=1S/C31H31FN6OS/c1-22-9-2-3-10-23(22)21-38-26-13-6-4-11-24(26)29-30(38)33-31(35-34-29)40-20-8-15-28(39)37-18-16-36(17-19-37)27-14-7-5-12-25(27)32/h2-7,9-14H,8,15-21H2,1H3. The number of rotatable bonds is 8. The van der Waals surface area contributed by atoms with Gasteiger partial charge in [-0.2, -0.15) is 0 Å². The van der Waals surface area contributed by atoms with E-state index in [9.17, 15) is 9.18 Å². The molecule has 2 aromatic heterocycles. The summed E-state index contributed by atoms with van der Waals surface area (Å²) in [4.78, 5) is 21.6. The number of anilines is 1. The molecule has 40 heavy (non-hydrogen) atoms. The molecule has 7 nitrogen and oxygen atoms in total. The average Bonchev–Trinajstić information content (AvgIpc) is 3.29. The van der Waals surface area contributed by atoms with Crippen molar-refractivity contribution >= 4 is 45.4 Å². The smallest absolute Gasteiger partial charge is 0.222 e. The van der Waals surface area contributed by atoms with Crippen LogP contribution in [0.25, 0.3) is 22.1 Å². The van der Waals surface area contributed by atoms with Crippen LogP contribution in [0, 0.1) is 12.7 Å². The number of hydrogen-bond acceptors (Lipinski definition) is 6. The van der Waals surface area contributed by atoms with E-state index in [1.165, 1.54) is 29.0 Å². The minimum absolute atomic E-state index is 0.140. The van der Waals surface area contributed by atoms with E-state index in [1.807, 2.05) is 28.0 Å². The van der Waals surface area contributed by atoms with Crippen LogP contribution in [0.5, 0.6) is 0 Å². The molecule has 0 bridgehead atoms. The van der Waals surface area contributed by atoms with Gasteiger partial charge in [0.1, 0.15) is 11.3 Å². The molecule has 0 N–H and O–H groups in total. The van der Waals surface area contributed by atoms with Gasteiger partial charge in [0, 0.05) is 50.3 Å². The summed E-state index contributed by atoms with van der Waals surface area (Å²) in [5.74, 6) is 0.651. The minimum Gasteiger partial charge on any atom is -0.366 e. The Kier molecular flexibility index (Phi) is 7.64. The first-order chi connectivity index (χ1) is 19.6. The molecular formula is C31H31FN6OS. The number of hydrogen-bond donors (Lipinski definition) is 0. The van der Waals surface area contributed by atoms with Gasteiger partial charge in [-0.05, 0) is 42.7 Å². The van der Waals surface area contributed by atoms with Crippen molar-refractivity contribution in [2.45, 2.75) is 31.5 Å². The number of thioether (sulfide) groups is 1. The molecule has 0 radical (unpaired) electrons. The molecule has 1 saturated heterocycles. The highest BCUT2D eigenvalue weighted by atomic mass is 32.2. The number of amides is 1. The second-order valence-corrected chi connectivity index (χ2v) is 11.1. The van der Waals surface area contributed by atoms with Crippen LogP contribution in [0.4, 0.5) is 10.1 Å². The fourth-order valence-electron chi connectivity index (χ4n) is 5.32. The summed E-state index contributed by atoms with van der Waals surface area (Å²) in [6.45, 7) is 5.32. The van der Waals surface area contributed by atoms with Crippen LogP contribution in [0.15, 0.2) is 78.0 Å². The molecule has 0 atom stereocenters. The molecule has 0 unspecified atom stereocenters. The van der Waals surface area contributed by atoms with Gasteiger partial charge in [-0.3, -0.25) is 4.79 Å². The average molecular weight is 555 g/mol. The molecular weight excluding hydrogens is 523 g/mol. The van der Waals surface area contributed by atoms with Crippen molar-refractivity contribution in [3.63, 3.8) is 0 Å². The Hall–Kier alpha value is -3.98. The van der Waals surface area contributed by atoms with Crippen LogP contribution in [0.3, 0.4) is 0 Å². The highest BCUT2D eigenvalue weighted by Crippen LogP contribution is 2.29. The van der Waals surface area contributed by atoms with Crippen LogP contribution in [0.1, 0.15) is 24.0 Å². The molecule has 0 aliphatic carbocycles. The third-order valence-electron chi connectivity index (χ3n) is 7.54. The molecule has 0 saturated carbocycles.